The molecule has 3 aliphatic carbocycles. The highest BCUT2D eigenvalue weighted by Crippen LogP contribution is 2.33. The number of ether oxygens (including phenoxy) is 2. The van der Waals surface area contributed by atoms with Crippen molar-refractivity contribution in [2.45, 2.75) is 65.6 Å². The molecule has 0 N–H and O–H groups in total. The van der Waals surface area contributed by atoms with Gasteiger partial charge in [0.2, 0.25) is 0 Å². The monoisotopic (exact) mass is 358 g/mol. The summed E-state index contributed by atoms with van der Waals surface area (Å²) in [5, 5.41) is 0. The molecule has 146 valence electrons. The average molecular weight is 359 g/mol. The Labute approximate surface area is 160 Å². The zero-order valence-corrected chi connectivity index (χ0v) is 17.0. The van der Waals surface area contributed by atoms with Crippen LogP contribution in [0.4, 0.5) is 0 Å². The van der Waals surface area contributed by atoms with Crippen LogP contribution in [0.5, 0.6) is 0 Å². The van der Waals surface area contributed by atoms with Crippen LogP contribution in [-0.4, -0.2) is 19.5 Å². The van der Waals surface area contributed by atoms with Crippen molar-refractivity contribution in [2.75, 3.05) is 13.2 Å². The molecule has 0 saturated heterocycles. The van der Waals surface area contributed by atoms with Gasteiger partial charge in [0.25, 0.3) is 0 Å². The number of hydrogen-bond acceptors (Lipinski definition) is 2. The first-order chi connectivity index (χ1) is 12.6. The van der Waals surface area contributed by atoms with E-state index < -0.39 is 0 Å². The predicted molar refractivity (Wildman–Crippen MR) is 109 cm³/mol. The molecule has 0 aliphatic heterocycles. The molecule has 0 fully saturated rings. The molecule has 2 heteroatoms. The van der Waals surface area contributed by atoms with E-state index in [9.17, 15) is 0 Å². The maximum Gasteiger partial charge on any atom is 0.160 e. The molecule has 2 nitrogen and oxygen atoms in total. The third-order valence-electron chi connectivity index (χ3n) is 6.95. The van der Waals surface area contributed by atoms with Crippen molar-refractivity contribution in [1.82, 2.24) is 0 Å². The van der Waals surface area contributed by atoms with Gasteiger partial charge in [-0.05, 0) is 68.1 Å². The van der Waals surface area contributed by atoms with E-state index in [1.165, 1.54) is 12.8 Å². The lowest BCUT2D eigenvalue weighted by atomic mass is 9.83. The smallest absolute Gasteiger partial charge is 0.160 e. The summed E-state index contributed by atoms with van der Waals surface area (Å²) in [6, 6.07) is 0. The first-order valence-electron chi connectivity index (χ1n) is 10.8. The number of rotatable bonds is 7. The number of hydrogen-bond donors (Lipinski definition) is 0. The third-order valence-corrected chi connectivity index (χ3v) is 6.95. The first-order valence-corrected chi connectivity index (χ1v) is 10.8. The second-order valence-electron chi connectivity index (χ2n) is 8.98. The molecule has 3 rings (SSSR count). The Balaban J connectivity index is 1.58. The minimum atomic E-state index is -0.0498. The van der Waals surface area contributed by atoms with Crippen LogP contribution in [0.1, 0.15) is 59.3 Å². The summed E-state index contributed by atoms with van der Waals surface area (Å²) in [7, 11) is 0. The Morgan fingerprint density at radius 2 is 1.04 bits per heavy atom. The highest BCUT2D eigenvalue weighted by atomic mass is 16.7. The second kappa shape index (κ2) is 9.90. The molecule has 1 unspecified atom stereocenters. The van der Waals surface area contributed by atoms with E-state index in [-0.39, 0.29) is 6.29 Å². The van der Waals surface area contributed by atoms with E-state index in [4.69, 9.17) is 9.47 Å². The molecule has 26 heavy (non-hydrogen) atoms. The van der Waals surface area contributed by atoms with E-state index in [0.29, 0.717) is 35.5 Å². The zero-order valence-electron chi connectivity index (χ0n) is 17.0. The van der Waals surface area contributed by atoms with E-state index in [1.807, 2.05) is 0 Å². The van der Waals surface area contributed by atoms with Crippen LogP contribution in [0.15, 0.2) is 36.5 Å². The Hall–Kier alpha value is -0.860. The zero-order chi connectivity index (χ0) is 18.4. The summed E-state index contributed by atoms with van der Waals surface area (Å²) >= 11 is 0. The van der Waals surface area contributed by atoms with Crippen LogP contribution in [0.2, 0.25) is 0 Å². The van der Waals surface area contributed by atoms with Crippen LogP contribution in [0.3, 0.4) is 0 Å². The highest BCUT2D eigenvalue weighted by molar-refractivity contribution is 4.96. The van der Waals surface area contributed by atoms with Gasteiger partial charge in [0.15, 0.2) is 6.29 Å². The van der Waals surface area contributed by atoms with Gasteiger partial charge in [-0.3, -0.25) is 0 Å². The Morgan fingerprint density at radius 1 is 0.615 bits per heavy atom. The standard InChI is InChI=1S/C24H38O2/c1-18-10-4-7-13-21(18)16-25-24(23-15-9-6-12-20(23)3)26-17-22-14-8-5-11-19(22)2/h4-9,18-24H,10-17H2,1-3H3/t18-,19+,20-,21-,22+,23+,24?/m0/s1. The van der Waals surface area contributed by atoms with E-state index in [0.717, 1.165) is 38.9 Å². The maximum absolute atomic E-state index is 6.48. The SMILES string of the molecule is C[C@@H]1CC=CC[C@@H]1COC(OC[C@@H]1CC=CC[C@@H]1C)[C@@H]1CC=CC[C@@H]1C. The minimum absolute atomic E-state index is 0.0498. The van der Waals surface area contributed by atoms with E-state index in [1.54, 1.807) is 0 Å². The molecule has 0 aromatic carbocycles. The molecule has 0 aromatic heterocycles. The van der Waals surface area contributed by atoms with Gasteiger partial charge in [-0.25, -0.2) is 0 Å². The summed E-state index contributed by atoms with van der Waals surface area (Å²) in [4.78, 5) is 0. The van der Waals surface area contributed by atoms with Crippen molar-refractivity contribution in [3.05, 3.63) is 36.5 Å². The first kappa shape index (κ1) is 19.9. The summed E-state index contributed by atoms with van der Waals surface area (Å²) in [5.41, 5.74) is 0. The van der Waals surface area contributed by atoms with Crippen LogP contribution in [-0.2, 0) is 9.47 Å². The molecule has 0 spiro atoms. The van der Waals surface area contributed by atoms with Crippen LogP contribution < -0.4 is 0 Å². The molecule has 0 saturated carbocycles. The summed E-state index contributed by atoms with van der Waals surface area (Å²) in [5.74, 6) is 3.83. The van der Waals surface area contributed by atoms with Crippen molar-refractivity contribution in [2.24, 2.45) is 35.5 Å². The van der Waals surface area contributed by atoms with Gasteiger partial charge in [0, 0.05) is 5.92 Å². The largest absolute Gasteiger partial charge is 0.352 e. The highest BCUT2D eigenvalue weighted by Gasteiger charge is 2.31. The van der Waals surface area contributed by atoms with Crippen molar-refractivity contribution in [1.29, 1.82) is 0 Å². The molecule has 0 heterocycles. The summed E-state index contributed by atoms with van der Waals surface area (Å²) in [6.45, 7) is 8.74. The third kappa shape index (κ3) is 5.33. The van der Waals surface area contributed by atoms with Gasteiger partial charge in [-0.15, -0.1) is 0 Å². The molecule has 3 aliphatic rings. The van der Waals surface area contributed by atoms with Crippen molar-refractivity contribution < 1.29 is 9.47 Å². The summed E-state index contributed by atoms with van der Waals surface area (Å²) in [6.07, 6.45) is 20.8. The van der Waals surface area contributed by atoms with Crippen molar-refractivity contribution >= 4 is 0 Å². The van der Waals surface area contributed by atoms with E-state index in [2.05, 4.69) is 57.2 Å². The Morgan fingerprint density at radius 3 is 1.50 bits per heavy atom. The summed E-state index contributed by atoms with van der Waals surface area (Å²) < 4.78 is 13.0. The lowest BCUT2D eigenvalue weighted by molar-refractivity contribution is -0.197. The second-order valence-corrected chi connectivity index (χ2v) is 8.98. The fourth-order valence-corrected chi connectivity index (χ4v) is 4.56. The van der Waals surface area contributed by atoms with Gasteiger partial charge in [0.05, 0.1) is 13.2 Å². The molecular formula is C24H38O2. The topological polar surface area (TPSA) is 18.5 Å². The quantitative estimate of drug-likeness (QED) is 0.401. The van der Waals surface area contributed by atoms with Crippen LogP contribution >= 0.6 is 0 Å². The Kier molecular flexibility index (Phi) is 7.57. The molecule has 0 bridgehead atoms. The molecule has 0 amide bonds. The van der Waals surface area contributed by atoms with Crippen LogP contribution in [0.25, 0.3) is 0 Å². The van der Waals surface area contributed by atoms with Crippen molar-refractivity contribution in [3.8, 4) is 0 Å². The van der Waals surface area contributed by atoms with Gasteiger partial charge in [-0.1, -0.05) is 57.2 Å². The van der Waals surface area contributed by atoms with Gasteiger partial charge in [-0.2, -0.15) is 0 Å². The Bertz CT molecular complexity index is 474. The predicted octanol–water partition coefficient (Wildman–Crippen LogP) is 6.15. The van der Waals surface area contributed by atoms with Crippen molar-refractivity contribution in [3.63, 3.8) is 0 Å². The normalized spacial score (nSPS) is 38.4. The maximum atomic E-state index is 6.48. The lowest BCUT2D eigenvalue weighted by Gasteiger charge is -2.36. The molecule has 0 radical (unpaired) electrons. The van der Waals surface area contributed by atoms with Gasteiger partial charge in [0.1, 0.15) is 0 Å². The molecule has 0 aromatic rings. The fraction of sp³-hybridized carbons (Fsp3) is 0.750. The lowest BCUT2D eigenvalue weighted by Crippen LogP contribution is -2.36. The van der Waals surface area contributed by atoms with Gasteiger partial charge < -0.3 is 9.47 Å². The minimum Gasteiger partial charge on any atom is -0.352 e. The van der Waals surface area contributed by atoms with Crippen LogP contribution in [0, 0.1) is 35.5 Å². The fourth-order valence-electron chi connectivity index (χ4n) is 4.56. The molecule has 7 atom stereocenters. The van der Waals surface area contributed by atoms with Gasteiger partial charge >= 0.3 is 0 Å². The number of allylic oxidation sites excluding steroid dienone is 6. The average Bonchev–Trinajstić information content (AvgIpc) is 2.65. The molecular weight excluding hydrogens is 320 g/mol. The van der Waals surface area contributed by atoms with E-state index >= 15 is 0 Å².